The molecule has 0 aliphatic carbocycles. The fourth-order valence-electron chi connectivity index (χ4n) is 2.94. The SMILES string of the molecule is CCN1c2ccc(C(F)(F)C(F)(F)F)cc2Sc2cc(C(F)(F)C(F)(F)F)ccc21. The van der Waals surface area contributed by atoms with Crippen molar-refractivity contribution in [1.29, 1.82) is 0 Å². The molecule has 1 aliphatic rings. The van der Waals surface area contributed by atoms with Gasteiger partial charge in [-0.3, -0.25) is 0 Å². The van der Waals surface area contributed by atoms with Gasteiger partial charge < -0.3 is 4.90 Å². The van der Waals surface area contributed by atoms with Gasteiger partial charge in [-0.1, -0.05) is 23.9 Å². The Bertz CT molecular complexity index is 889. The van der Waals surface area contributed by atoms with Crippen LogP contribution in [0.25, 0.3) is 0 Å². The van der Waals surface area contributed by atoms with Crippen LogP contribution < -0.4 is 4.90 Å². The first kappa shape index (κ1) is 22.6. The fraction of sp³-hybridized carbons (Fsp3) is 0.333. The standard InChI is InChI=1S/C18H11F10NS/c1-2-29-11-5-3-9(15(19,20)17(23,24)25)7-13(11)30-14-8-10(4-6-12(14)29)16(21,22)18(26,27)28/h3-8H,2H2,1H3. The highest BCUT2D eigenvalue weighted by molar-refractivity contribution is 7.99. The van der Waals surface area contributed by atoms with E-state index in [1.54, 1.807) is 6.92 Å². The normalized spacial score (nSPS) is 15.1. The molecule has 0 saturated carbocycles. The lowest BCUT2D eigenvalue weighted by atomic mass is 10.1. The largest absolute Gasteiger partial charge is 0.458 e. The molecule has 0 bridgehead atoms. The van der Waals surface area contributed by atoms with Crippen molar-refractivity contribution in [2.45, 2.75) is 40.9 Å². The van der Waals surface area contributed by atoms with Crippen molar-refractivity contribution in [1.82, 2.24) is 0 Å². The second-order valence-corrected chi connectivity index (χ2v) is 7.44. The summed E-state index contributed by atoms with van der Waals surface area (Å²) >= 11 is 0.540. The molecule has 0 N–H and O–H groups in total. The Balaban J connectivity index is 2.10. The number of alkyl halides is 10. The van der Waals surface area contributed by atoms with Gasteiger partial charge >= 0.3 is 24.2 Å². The zero-order valence-electron chi connectivity index (χ0n) is 14.8. The van der Waals surface area contributed by atoms with E-state index in [2.05, 4.69) is 0 Å². The van der Waals surface area contributed by atoms with E-state index >= 15 is 0 Å². The van der Waals surface area contributed by atoms with Gasteiger partial charge in [0.1, 0.15) is 0 Å². The molecule has 30 heavy (non-hydrogen) atoms. The van der Waals surface area contributed by atoms with E-state index in [0.717, 1.165) is 12.1 Å². The first-order chi connectivity index (χ1) is 13.6. The van der Waals surface area contributed by atoms with E-state index in [9.17, 15) is 43.9 Å². The van der Waals surface area contributed by atoms with Gasteiger partial charge in [0.15, 0.2) is 0 Å². The average Bonchev–Trinajstić information content (AvgIpc) is 2.63. The van der Waals surface area contributed by atoms with Gasteiger partial charge in [-0.25, -0.2) is 0 Å². The summed E-state index contributed by atoms with van der Waals surface area (Å²) in [5, 5.41) is 0. The number of rotatable bonds is 3. The molecule has 1 aliphatic heterocycles. The van der Waals surface area contributed by atoms with Crippen LogP contribution in [0.4, 0.5) is 55.3 Å². The van der Waals surface area contributed by atoms with Crippen LogP contribution in [0.1, 0.15) is 18.1 Å². The molecule has 0 atom stereocenters. The highest BCUT2D eigenvalue weighted by Crippen LogP contribution is 2.53. The third kappa shape index (κ3) is 3.48. The monoisotopic (exact) mass is 463 g/mol. The van der Waals surface area contributed by atoms with E-state index in [1.807, 2.05) is 0 Å². The molecule has 0 radical (unpaired) electrons. The van der Waals surface area contributed by atoms with Crippen molar-refractivity contribution in [2.24, 2.45) is 0 Å². The van der Waals surface area contributed by atoms with Crippen LogP contribution in [0.3, 0.4) is 0 Å². The van der Waals surface area contributed by atoms with Crippen molar-refractivity contribution in [2.75, 3.05) is 11.4 Å². The summed E-state index contributed by atoms with van der Waals surface area (Å²) in [6.45, 7) is 1.75. The van der Waals surface area contributed by atoms with E-state index in [1.165, 1.54) is 4.90 Å². The Morgan fingerprint density at radius 3 is 1.33 bits per heavy atom. The van der Waals surface area contributed by atoms with Gasteiger partial charge in [0.2, 0.25) is 0 Å². The van der Waals surface area contributed by atoms with Gasteiger partial charge in [0.05, 0.1) is 11.4 Å². The van der Waals surface area contributed by atoms with Crippen LogP contribution >= 0.6 is 11.8 Å². The van der Waals surface area contributed by atoms with Gasteiger partial charge in [-0.15, -0.1) is 0 Å². The van der Waals surface area contributed by atoms with Gasteiger partial charge in [0.25, 0.3) is 0 Å². The van der Waals surface area contributed by atoms with Gasteiger partial charge in [-0.05, 0) is 31.2 Å². The first-order valence-corrected chi connectivity index (χ1v) is 9.06. The quantitative estimate of drug-likeness (QED) is 0.431. The van der Waals surface area contributed by atoms with Crippen LogP contribution in [0.2, 0.25) is 0 Å². The number of benzene rings is 2. The smallest absolute Gasteiger partial charge is 0.340 e. The van der Waals surface area contributed by atoms with E-state index in [4.69, 9.17) is 0 Å². The molecule has 0 amide bonds. The molecule has 1 heterocycles. The molecule has 2 aromatic rings. The molecule has 12 heteroatoms. The topological polar surface area (TPSA) is 3.24 Å². The molecule has 0 fully saturated rings. The third-order valence-electron chi connectivity index (χ3n) is 4.47. The minimum Gasteiger partial charge on any atom is -0.340 e. The van der Waals surface area contributed by atoms with Gasteiger partial charge in [0, 0.05) is 27.5 Å². The van der Waals surface area contributed by atoms with Crippen molar-refractivity contribution in [3.63, 3.8) is 0 Å². The number of anilines is 2. The predicted octanol–water partition coefficient (Wildman–Crippen LogP) is 7.62. The molecular formula is C18H11F10NS. The molecule has 2 aromatic carbocycles. The molecule has 0 aromatic heterocycles. The Labute approximate surface area is 167 Å². The number of hydrogen-bond acceptors (Lipinski definition) is 2. The molecule has 0 unspecified atom stereocenters. The highest BCUT2D eigenvalue weighted by Gasteiger charge is 2.59. The molecule has 1 nitrogen and oxygen atoms in total. The van der Waals surface area contributed by atoms with Crippen LogP contribution in [0, 0.1) is 0 Å². The molecular weight excluding hydrogens is 452 g/mol. The Morgan fingerprint density at radius 1 is 0.667 bits per heavy atom. The molecule has 0 spiro atoms. The number of hydrogen-bond donors (Lipinski definition) is 0. The summed E-state index contributed by atoms with van der Waals surface area (Å²) in [4.78, 5) is 1.17. The summed E-state index contributed by atoms with van der Waals surface area (Å²) in [6.07, 6.45) is -11.7. The summed E-state index contributed by atoms with van der Waals surface area (Å²) in [7, 11) is 0. The van der Waals surface area contributed by atoms with Crippen LogP contribution in [0.5, 0.6) is 0 Å². The minimum atomic E-state index is -5.86. The van der Waals surface area contributed by atoms with Crippen molar-refractivity contribution < 1.29 is 43.9 Å². The van der Waals surface area contributed by atoms with Crippen LogP contribution in [0.15, 0.2) is 46.2 Å². The van der Waals surface area contributed by atoms with Crippen LogP contribution in [-0.2, 0) is 11.8 Å². The van der Waals surface area contributed by atoms with E-state index in [-0.39, 0.29) is 27.7 Å². The second-order valence-electron chi connectivity index (χ2n) is 6.36. The maximum atomic E-state index is 13.7. The van der Waals surface area contributed by atoms with Crippen molar-refractivity contribution in [3.8, 4) is 0 Å². The summed E-state index contributed by atoms with van der Waals surface area (Å²) in [6, 6.07) is 4.39. The number of fused-ring (bicyclic) bond motifs is 2. The fourth-order valence-corrected chi connectivity index (χ4v) is 4.12. The third-order valence-corrected chi connectivity index (χ3v) is 5.57. The maximum Gasteiger partial charge on any atom is 0.458 e. The molecule has 164 valence electrons. The lowest BCUT2D eigenvalue weighted by Gasteiger charge is -2.33. The zero-order chi connectivity index (χ0) is 22.7. The van der Waals surface area contributed by atoms with E-state index < -0.39 is 35.3 Å². The lowest BCUT2D eigenvalue weighted by molar-refractivity contribution is -0.289. The Hall–Kier alpha value is -2.11. The zero-order valence-corrected chi connectivity index (χ0v) is 15.6. The second kappa shape index (κ2) is 6.96. The lowest BCUT2D eigenvalue weighted by Crippen LogP contribution is -2.34. The molecule has 0 saturated heterocycles. The van der Waals surface area contributed by atoms with Crippen molar-refractivity contribution in [3.05, 3.63) is 47.5 Å². The van der Waals surface area contributed by atoms with Crippen LogP contribution in [-0.4, -0.2) is 18.9 Å². The van der Waals surface area contributed by atoms with E-state index in [0.29, 0.717) is 36.0 Å². The summed E-state index contributed by atoms with van der Waals surface area (Å²) in [5.74, 6) is -10.3. The molecule has 3 rings (SSSR count). The van der Waals surface area contributed by atoms with Crippen molar-refractivity contribution >= 4 is 23.1 Å². The number of halogens is 10. The summed E-state index contributed by atoms with van der Waals surface area (Å²) < 4.78 is 131. The Morgan fingerprint density at radius 2 is 1.03 bits per heavy atom. The average molecular weight is 463 g/mol. The summed E-state index contributed by atoms with van der Waals surface area (Å²) in [5.41, 5.74) is -2.27. The predicted molar refractivity (Wildman–Crippen MR) is 89.6 cm³/mol. The van der Waals surface area contributed by atoms with Gasteiger partial charge in [-0.2, -0.15) is 43.9 Å². The number of nitrogens with zero attached hydrogens (tertiary/aromatic N) is 1. The highest BCUT2D eigenvalue weighted by atomic mass is 32.2. The first-order valence-electron chi connectivity index (χ1n) is 8.24. The maximum absolute atomic E-state index is 13.7. The Kier molecular flexibility index (Phi) is 5.24. The minimum absolute atomic E-state index is 0.127.